The molecule has 7 heteroatoms. The first kappa shape index (κ1) is 20.7. The van der Waals surface area contributed by atoms with Crippen molar-refractivity contribution in [2.24, 2.45) is 0 Å². The van der Waals surface area contributed by atoms with Gasteiger partial charge < -0.3 is 9.64 Å². The molecule has 6 nitrogen and oxygen atoms in total. The van der Waals surface area contributed by atoms with E-state index in [0.717, 1.165) is 19.3 Å². The summed E-state index contributed by atoms with van der Waals surface area (Å²) in [5.74, 6) is 0. The van der Waals surface area contributed by atoms with Crippen molar-refractivity contribution in [2.45, 2.75) is 69.9 Å². The van der Waals surface area contributed by atoms with E-state index < -0.39 is 15.7 Å². The van der Waals surface area contributed by atoms with E-state index >= 15 is 0 Å². The molecule has 0 spiro atoms. The smallest absolute Gasteiger partial charge is 0.410 e. The molecule has 0 radical (unpaired) electrons. The van der Waals surface area contributed by atoms with Crippen LogP contribution in [-0.2, 0) is 19.0 Å². The van der Waals surface area contributed by atoms with Crippen LogP contribution in [-0.4, -0.2) is 44.2 Å². The van der Waals surface area contributed by atoms with Crippen LogP contribution in [0.15, 0.2) is 29.2 Å². The van der Waals surface area contributed by atoms with E-state index in [1.807, 2.05) is 20.8 Å². The first-order chi connectivity index (χ1) is 12.1. The highest BCUT2D eigenvalue weighted by atomic mass is 32.2. The van der Waals surface area contributed by atoms with Gasteiger partial charge in [0.1, 0.15) is 5.60 Å². The molecule has 2 rings (SSSR count). The molecule has 0 aliphatic carbocycles. The van der Waals surface area contributed by atoms with Gasteiger partial charge in [0.2, 0.25) is 0 Å². The normalized spacial score (nSPS) is 18.6. The van der Waals surface area contributed by atoms with E-state index in [1.165, 1.54) is 6.07 Å². The maximum Gasteiger partial charge on any atom is 0.410 e. The average molecular weight is 384 g/mol. The third kappa shape index (κ3) is 5.71. The van der Waals surface area contributed by atoms with Crippen molar-refractivity contribution in [2.75, 3.05) is 13.2 Å². The molecular weight excluding hydrogens is 354 g/mol. The summed E-state index contributed by atoms with van der Waals surface area (Å²) in [6.45, 7) is 7.91. The van der Waals surface area contributed by atoms with Gasteiger partial charge in [0.15, 0.2) is 0 Å². The van der Waals surface area contributed by atoms with E-state index in [4.69, 9.17) is 8.92 Å². The van der Waals surface area contributed by atoms with Crippen LogP contribution in [0, 0.1) is 6.92 Å². The molecular formula is C19H29NO5S. The summed E-state index contributed by atoms with van der Waals surface area (Å²) in [7, 11) is -3.79. The number of hydrogen-bond donors (Lipinski definition) is 0. The third-order valence-corrected chi connectivity index (χ3v) is 5.78. The Morgan fingerprint density at radius 2 is 1.92 bits per heavy atom. The number of carbonyl (C=O) groups excluding carboxylic acids is 1. The Hall–Kier alpha value is -1.60. The maximum atomic E-state index is 12.4. The lowest BCUT2D eigenvalue weighted by Gasteiger charge is -2.36. The largest absolute Gasteiger partial charge is 0.444 e. The monoisotopic (exact) mass is 383 g/mol. The second-order valence-corrected chi connectivity index (χ2v) is 9.24. The number of hydrogen-bond acceptors (Lipinski definition) is 5. The van der Waals surface area contributed by atoms with Gasteiger partial charge in [-0.2, -0.15) is 8.42 Å². The minimum atomic E-state index is -3.79. The van der Waals surface area contributed by atoms with Crippen molar-refractivity contribution < 1.29 is 22.1 Å². The quantitative estimate of drug-likeness (QED) is 0.722. The fraction of sp³-hybridized carbons (Fsp3) is 0.632. The Bertz CT molecular complexity index is 724. The van der Waals surface area contributed by atoms with Gasteiger partial charge in [-0.3, -0.25) is 4.18 Å². The van der Waals surface area contributed by atoms with Crippen molar-refractivity contribution in [3.05, 3.63) is 29.8 Å². The fourth-order valence-corrected chi connectivity index (χ4v) is 4.21. The summed E-state index contributed by atoms with van der Waals surface area (Å²) < 4.78 is 35.4. The van der Waals surface area contributed by atoms with Gasteiger partial charge in [-0.15, -0.1) is 0 Å². The van der Waals surface area contributed by atoms with Crippen LogP contribution in [0.1, 0.15) is 52.0 Å². The lowest BCUT2D eigenvalue weighted by Crippen LogP contribution is -2.46. The van der Waals surface area contributed by atoms with Crippen LogP contribution in [0.2, 0.25) is 0 Å². The molecule has 0 saturated carbocycles. The summed E-state index contributed by atoms with van der Waals surface area (Å²) in [6, 6.07) is 6.68. The van der Waals surface area contributed by atoms with Gasteiger partial charge in [-0.05, 0) is 65.0 Å². The Morgan fingerprint density at radius 3 is 2.58 bits per heavy atom. The van der Waals surface area contributed by atoms with E-state index in [9.17, 15) is 13.2 Å². The number of likely N-dealkylation sites (tertiary alicyclic amines) is 1. The molecule has 1 aromatic carbocycles. The van der Waals surface area contributed by atoms with Gasteiger partial charge >= 0.3 is 6.09 Å². The van der Waals surface area contributed by atoms with E-state index in [-0.39, 0.29) is 23.6 Å². The lowest BCUT2D eigenvalue weighted by molar-refractivity contribution is 0.00757. The van der Waals surface area contributed by atoms with Crippen LogP contribution in [0.5, 0.6) is 0 Å². The van der Waals surface area contributed by atoms with Crippen LogP contribution >= 0.6 is 0 Å². The van der Waals surface area contributed by atoms with Crippen LogP contribution in [0.4, 0.5) is 4.79 Å². The Labute approximate surface area is 156 Å². The summed E-state index contributed by atoms with van der Waals surface area (Å²) in [5, 5.41) is 0. The zero-order valence-electron chi connectivity index (χ0n) is 16.0. The van der Waals surface area contributed by atoms with Gasteiger partial charge in [0, 0.05) is 12.6 Å². The number of benzene rings is 1. The summed E-state index contributed by atoms with van der Waals surface area (Å²) in [5.41, 5.74) is 0.101. The van der Waals surface area contributed by atoms with E-state index in [0.29, 0.717) is 18.5 Å². The maximum absolute atomic E-state index is 12.4. The molecule has 0 aromatic heterocycles. The molecule has 1 heterocycles. The van der Waals surface area contributed by atoms with Crippen molar-refractivity contribution >= 4 is 16.2 Å². The van der Waals surface area contributed by atoms with Gasteiger partial charge in [0.05, 0.1) is 11.5 Å². The van der Waals surface area contributed by atoms with Gasteiger partial charge in [0.25, 0.3) is 10.1 Å². The first-order valence-electron chi connectivity index (χ1n) is 9.05. The second-order valence-electron chi connectivity index (χ2n) is 7.65. The average Bonchev–Trinajstić information content (AvgIpc) is 2.53. The fourth-order valence-electron chi connectivity index (χ4n) is 3.06. The zero-order valence-corrected chi connectivity index (χ0v) is 16.8. The molecule has 1 unspecified atom stereocenters. The topological polar surface area (TPSA) is 72.9 Å². The highest BCUT2D eigenvalue weighted by Crippen LogP contribution is 2.24. The van der Waals surface area contributed by atoms with E-state index in [1.54, 1.807) is 30.0 Å². The molecule has 1 fully saturated rings. The molecule has 1 atom stereocenters. The molecule has 1 aromatic rings. The highest BCUT2D eigenvalue weighted by molar-refractivity contribution is 7.86. The van der Waals surface area contributed by atoms with Gasteiger partial charge in [-0.1, -0.05) is 18.2 Å². The number of aryl methyl sites for hydroxylation is 1. The minimum absolute atomic E-state index is 0.0423. The third-order valence-electron chi connectivity index (χ3n) is 4.31. The number of amides is 1. The Kier molecular flexibility index (Phi) is 6.69. The van der Waals surface area contributed by atoms with Crippen molar-refractivity contribution in [3.63, 3.8) is 0 Å². The SMILES string of the molecule is Cc1ccccc1S(=O)(=O)OCCC1CCCCN1C(=O)OC(C)(C)C. The molecule has 1 amide bonds. The van der Waals surface area contributed by atoms with Crippen molar-refractivity contribution in [3.8, 4) is 0 Å². The minimum Gasteiger partial charge on any atom is -0.444 e. The number of carbonyl (C=O) groups is 1. The Balaban J connectivity index is 1.96. The first-order valence-corrected chi connectivity index (χ1v) is 10.5. The second kappa shape index (κ2) is 8.39. The number of piperidine rings is 1. The van der Waals surface area contributed by atoms with Crippen LogP contribution < -0.4 is 0 Å². The summed E-state index contributed by atoms with van der Waals surface area (Å²) in [4.78, 5) is 14.3. The Morgan fingerprint density at radius 1 is 1.23 bits per heavy atom. The van der Waals surface area contributed by atoms with Gasteiger partial charge in [-0.25, -0.2) is 4.79 Å². The number of rotatable bonds is 5. The molecule has 0 N–H and O–H groups in total. The molecule has 1 aliphatic heterocycles. The summed E-state index contributed by atoms with van der Waals surface area (Å²) in [6.07, 6.45) is 2.88. The standard InChI is InChI=1S/C19H29NO5S/c1-15-9-5-6-11-17(15)26(22,23)24-14-12-16-10-7-8-13-20(16)18(21)25-19(2,3)4/h5-6,9,11,16H,7-8,10,12-14H2,1-4H3. The molecule has 0 bridgehead atoms. The van der Waals surface area contributed by atoms with Crippen LogP contribution in [0.25, 0.3) is 0 Å². The molecule has 1 aliphatic rings. The number of ether oxygens (including phenoxy) is 1. The lowest BCUT2D eigenvalue weighted by atomic mass is 10.0. The van der Waals surface area contributed by atoms with E-state index in [2.05, 4.69) is 0 Å². The van der Waals surface area contributed by atoms with Crippen molar-refractivity contribution in [1.29, 1.82) is 0 Å². The summed E-state index contributed by atoms with van der Waals surface area (Å²) >= 11 is 0. The predicted octanol–water partition coefficient (Wildman–Crippen LogP) is 3.88. The predicted molar refractivity (Wildman–Crippen MR) is 99.5 cm³/mol. The number of nitrogens with zero attached hydrogens (tertiary/aromatic N) is 1. The highest BCUT2D eigenvalue weighted by Gasteiger charge is 2.30. The zero-order chi connectivity index (χ0) is 19.4. The molecule has 26 heavy (non-hydrogen) atoms. The van der Waals surface area contributed by atoms with Crippen LogP contribution in [0.3, 0.4) is 0 Å². The molecule has 146 valence electrons. The van der Waals surface area contributed by atoms with Crippen molar-refractivity contribution in [1.82, 2.24) is 4.90 Å². The molecule has 1 saturated heterocycles.